The second-order valence-corrected chi connectivity index (χ2v) is 4.26. The fourth-order valence-electron chi connectivity index (χ4n) is 1.88. The molecule has 2 aromatic rings. The molecule has 102 valence electrons. The zero-order valence-corrected chi connectivity index (χ0v) is 10.7. The van der Waals surface area contributed by atoms with Gasteiger partial charge in [0, 0.05) is 0 Å². The fourth-order valence-corrected chi connectivity index (χ4v) is 1.88. The summed E-state index contributed by atoms with van der Waals surface area (Å²) in [5.74, 6) is -0.660. The van der Waals surface area contributed by atoms with Crippen molar-refractivity contribution in [3.8, 4) is 6.07 Å². The van der Waals surface area contributed by atoms with Crippen LogP contribution in [-0.2, 0) is 4.74 Å². The highest BCUT2D eigenvalue weighted by Crippen LogP contribution is 2.26. The third-order valence-corrected chi connectivity index (χ3v) is 2.84. The highest BCUT2D eigenvalue weighted by Gasteiger charge is 2.15. The SMILES string of the molecule is N#CCCOC(c1ccc(F)cc1)c1ccc(F)cc1. The van der Waals surface area contributed by atoms with E-state index >= 15 is 0 Å². The molecule has 2 aromatic carbocycles. The molecular formula is C16H13F2NO. The van der Waals surface area contributed by atoms with Crippen LogP contribution in [-0.4, -0.2) is 6.61 Å². The molecule has 0 aliphatic rings. The Morgan fingerprint density at radius 2 is 1.35 bits per heavy atom. The zero-order chi connectivity index (χ0) is 14.4. The highest BCUT2D eigenvalue weighted by atomic mass is 19.1. The summed E-state index contributed by atoms with van der Waals surface area (Å²) in [6.07, 6.45) is -0.177. The lowest BCUT2D eigenvalue weighted by Gasteiger charge is -2.18. The average molecular weight is 273 g/mol. The van der Waals surface area contributed by atoms with Gasteiger partial charge in [0.15, 0.2) is 0 Å². The van der Waals surface area contributed by atoms with Crippen molar-refractivity contribution in [2.45, 2.75) is 12.5 Å². The van der Waals surface area contributed by atoms with Crippen molar-refractivity contribution in [3.63, 3.8) is 0 Å². The molecule has 0 unspecified atom stereocenters. The standard InChI is InChI=1S/C16H13F2NO/c17-14-6-2-12(3-7-14)16(20-11-1-10-19)13-4-8-15(18)9-5-13/h2-9,16H,1,11H2. The molecule has 0 N–H and O–H groups in total. The van der Waals surface area contributed by atoms with Crippen molar-refractivity contribution in [3.05, 3.63) is 71.3 Å². The number of rotatable bonds is 5. The first kappa shape index (κ1) is 14.2. The summed E-state index contributed by atoms with van der Waals surface area (Å²) >= 11 is 0. The molecule has 0 saturated heterocycles. The van der Waals surface area contributed by atoms with Gasteiger partial charge in [-0.2, -0.15) is 5.26 Å². The van der Waals surface area contributed by atoms with E-state index in [-0.39, 0.29) is 24.7 Å². The largest absolute Gasteiger partial charge is 0.368 e. The van der Waals surface area contributed by atoms with Gasteiger partial charge in [-0.05, 0) is 35.4 Å². The maximum Gasteiger partial charge on any atom is 0.123 e. The van der Waals surface area contributed by atoms with Crippen molar-refractivity contribution in [2.24, 2.45) is 0 Å². The minimum atomic E-state index is -0.440. The number of ether oxygens (including phenoxy) is 1. The van der Waals surface area contributed by atoms with Gasteiger partial charge >= 0.3 is 0 Å². The Hall–Kier alpha value is -2.25. The van der Waals surface area contributed by atoms with E-state index in [1.54, 1.807) is 24.3 Å². The van der Waals surface area contributed by atoms with Crippen LogP contribution in [0.4, 0.5) is 8.78 Å². The van der Waals surface area contributed by atoms with Crippen LogP contribution >= 0.6 is 0 Å². The molecule has 2 nitrogen and oxygen atoms in total. The number of hydrogen-bond donors (Lipinski definition) is 0. The van der Waals surface area contributed by atoms with Crippen LogP contribution in [0.25, 0.3) is 0 Å². The number of hydrogen-bond acceptors (Lipinski definition) is 2. The van der Waals surface area contributed by atoms with Gasteiger partial charge in [0.2, 0.25) is 0 Å². The van der Waals surface area contributed by atoms with Gasteiger partial charge in [-0.25, -0.2) is 8.78 Å². The highest BCUT2D eigenvalue weighted by molar-refractivity contribution is 5.30. The molecule has 0 aliphatic carbocycles. The molecule has 4 heteroatoms. The molecular weight excluding hydrogens is 260 g/mol. The number of nitrogens with zero attached hydrogens (tertiary/aromatic N) is 1. The van der Waals surface area contributed by atoms with Crippen LogP contribution in [0.15, 0.2) is 48.5 Å². The lowest BCUT2D eigenvalue weighted by atomic mass is 10.0. The van der Waals surface area contributed by atoms with Crippen LogP contribution < -0.4 is 0 Å². The van der Waals surface area contributed by atoms with Crippen LogP contribution in [0.2, 0.25) is 0 Å². The normalized spacial score (nSPS) is 10.5. The molecule has 0 heterocycles. The van der Waals surface area contributed by atoms with E-state index in [4.69, 9.17) is 10.00 Å². The third-order valence-electron chi connectivity index (χ3n) is 2.84. The second-order valence-electron chi connectivity index (χ2n) is 4.26. The molecule has 0 atom stereocenters. The number of benzene rings is 2. The van der Waals surface area contributed by atoms with E-state index in [0.29, 0.717) is 0 Å². The minimum Gasteiger partial charge on any atom is -0.368 e. The van der Waals surface area contributed by atoms with Gasteiger partial charge in [-0.3, -0.25) is 0 Å². The zero-order valence-electron chi connectivity index (χ0n) is 10.7. The summed E-state index contributed by atoms with van der Waals surface area (Å²) in [6, 6.07) is 13.9. The van der Waals surface area contributed by atoms with Crippen molar-refractivity contribution < 1.29 is 13.5 Å². The lowest BCUT2D eigenvalue weighted by molar-refractivity contribution is 0.0846. The Bertz CT molecular complexity index is 542. The van der Waals surface area contributed by atoms with Crippen LogP contribution in [0, 0.1) is 23.0 Å². The second kappa shape index (κ2) is 6.78. The summed E-state index contributed by atoms with van der Waals surface area (Å²) < 4.78 is 31.6. The van der Waals surface area contributed by atoms with Crippen LogP contribution in [0.5, 0.6) is 0 Å². The topological polar surface area (TPSA) is 33.0 Å². The molecule has 0 fully saturated rings. The van der Waals surface area contributed by atoms with Gasteiger partial charge in [0.25, 0.3) is 0 Å². The summed E-state index contributed by atoms with van der Waals surface area (Å²) in [5.41, 5.74) is 1.52. The Kier molecular flexibility index (Phi) is 4.80. The van der Waals surface area contributed by atoms with E-state index < -0.39 is 6.10 Å². The van der Waals surface area contributed by atoms with Gasteiger partial charge in [-0.15, -0.1) is 0 Å². The molecule has 0 radical (unpaired) electrons. The van der Waals surface area contributed by atoms with E-state index in [1.807, 2.05) is 6.07 Å². The van der Waals surface area contributed by atoms with Gasteiger partial charge in [0.05, 0.1) is 19.1 Å². The van der Waals surface area contributed by atoms with E-state index in [2.05, 4.69) is 0 Å². The smallest absolute Gasteiger partial charge is 0.123 e. The van der Waals surface area contributed by atoms with Gasteiger partial charge < -0.3 is 4.74 Å². The minimum absolute atomic E-state index is 0.260. The molecule has 0 saturated carbocycles. The van der Waals surface area contributed by atoms with Crippen molar-refractivity contribution >= 4 is 0 Å². The number of halogens is 2. The molecule has 0 bridgehead atoms. The van der Waals surface area contributed by atoms with Gasteiger partial charge in [0.1, 0.15) is 17.7 Å². The van der Waals surface area contributed by atoms with Crippen LogP contribution in [0.3, 0.4) is 0 Å². The molecule has 20 heavy (non-hydrogen) atoms. The van der Waals surface area contributed by atoms with E-state index in [0.717, 1.165) is 11.1 Å². The maximum absolute atomic E-state index is 13.0. The quantitative estimate of drug-likeness (QED) is 0.772. The van der Waals surface area contributed by atoms with E-state index in [1.165, 1.54) is 24.3 Å². The summed E-state index contributed by atoms with van der Waals surface area (Å²) in [5, 5.41) is 8.56. The van der Waals surface area contributed by atoms with Crippen molar-refractivity contribution in [2.75, 3.05) is 6.61 Å². The molecule has 0 spiro atoms. The van der Waals surface area contributed by atoms with E-state index in [9.17, 15) is 8.78 Å². The predicted molar refractivity (Wildman–Crippen MR) is 70.8 cm³/mol. The predicted octanol–water partition coefficient (Wildman–Crippen LogP) is 3.98. The monoisotopic (exact) mass is 273 g/mol. The summed E-state index contributed by atoms with van der Waals surface area (Å²) in [7, 11) is 0. The average Bonchev–Trinajstić information content (AvgIpc) is 2.46. The summed E-state index contributed by atoms with van der Waals surface area (Å²) in [6.45, 7) is 0.260. The fraction of sp³-hybridized carbons (Fsp3) is 0.188. The number of nitriles is 1. The van der Waals surface area contributed by atoms with Crippen molar-refractivity contribution in [1.29, 1.82) is 5.26 Å². The Morgan fingerprint density at radius 1 is 0.900 bits per heavy atom. The summed E-state index contributed by atoms with van der Waals surface area (Å²) in [4.78, 5) is 0. The first-order chi connectivity index (χ1) is 9.70. The third kappa shape index (κ3) is 3.62. The molecule has 0 aliphatic heterocycles. The lowest BCUT2D eigenvalue weighted by Crippen LogP contribution is -2.07. The molecule has 0 aromatic heterocycles. The first-order valence-electron chi connectivity index (χ1n) is 6.20. The molecule has 0 amide bonds. The van der Waals surface area contributed by atoms with Gasteiger partial charge in [-0.1, -0.05) is 24.3 Å². The van der Waals surface area contributed by atoms with Crippen molar-refractivity contribution in [1.82, 2.24) is 0 Å². The Morgan fingerprint density at radius 3 is 1.75 bits per heavy atom. The maximum atomic E-state index is 13.0. The van der Waals surface area contributed by atoms with Crippen LogP contribution in [0.1, 0.15) is 23.7 Å². The molecule has 2 rings (SSSR count). The first-order valence-corrected chi connectivity index (χ1v) is 6.20. The Balaban J connectivity index is 2.26. The Labute approximate surface area is 116 Å².